The van der Waals surface area contributed by atoms with E-state index >= 15 is 0 Å². The van der Waals surface area contributed by atoms with E-state index in [0.717, 1.165) is 66.8 Å². The number of carbonyl (C=O) groups excluding carboxylic acids is 1. The summed E-state index contributed by atoms with van der Waals surface area (Å²) in [5.41, 5.74) is 7.01. The number of carbonyl (C=O) groups is 1. The van der Waals surface area contributed by atoms with Gasteiger partial charge in [-0.2, -0.15) is 0 Å². The van der Waals surface area contributed by atoms with Crippen LogP contribution in [-0.2, 0) is 4.79 Å². The largest absolute Gasteiger partial charge is 0.333 e. The van der Waals surface area contributed by atoms with Crippen molar-refractivity contribution in [2.24, 2.45) is 0 Å². The van der Waals surface area contributed by atoms with Gasteiger partial charge in [0.05, 0.1) is 17.6 Å². The molecule has 0 bridgehead atoms. The molecular weight excluding hydrogens is 490 g/mol. The maximum absolute atomic E-state index is 13.2. The number of imidazole rings is 1. The standard InChI is InChI=1S/C31H45N5OS/c1-21(2)24-18-25(22(3)4)30(26(19-24)23(5)6)34-29(37)20-36-15-13-35(14-16-36)12-9-17-38-31-32-27-10-7-8-11-28(27)33-31/h7-8,10-11,18-19,21-23H,9,12-17,20H2,1-6H3,(H,32,33)(H,34,37). The van der Waals surface area contributed by atoms with Crippen LogP contribution in [0.5, 0.6) is 0 Å². The smallest absolute Gasteiger partial charge is 0.238 e. The first-order chi connectivity index (χ1) is 18.2. The number of rotatable bonds is 11. The van der Waals surface area contributed by atoms with Crippen molar-refractivity contribution in [3.8, 4) is 0 Å². The SMILES string of the molecule is CC(C)c1cc(C(C)C)c(NC(=O)CN2CCN(CCCSc3nc4ccccc4[nH]3)CC2)c(C(C)C)c1. The van der Waals surface area contributed by atoms with Crippen LogP contribution in [0.2, 0.25) is 0 Å². The number of aromatic nitrogens is 2. The van der Waals surface area contributed by atoms with E-state index < -0.39 is 0 Å². The van der Waals surface area contributed by atoms with Crippen LogP contribution in [0.25, 0.3) is 11.0 Å². The number of piperazine rings is 1. The van der Waals surface area contributed by atoms with Crippen LogP contribution in [0.3, 0.4) is 0 Å². The Bertz CT molecular complexity index is 1150. The minimum atomic E-state index is 0.0989. The fourth-order valence-corrected chi connectivity index (χ4v) is 5.92. The Morgan fingerprint density at radius 3 is 2.18 bits per heavy atom. The molecule has 1 aliphatic heterocycles. The Hall–Kier alpha value is -2.35. The zero-order valence-electron chi connectivity index (χ0n) is 24.0. The normalized spacial score (nSPS) is 15.3. The van der Waals surface area contributed by atoms with Gasteiger partial charge in [0.15, 0.2) is 5.16 Å². The van der Waals surface area contributed by atoms with E-state index in [1.165, 1.54) is 16.7 Å². The summed E-state index contributed by atoms with van der Waals surface area (Å²) in [6, 6.07) is 12.8. The molecule has 2 heterocycles. The Balaban J connectivity index is 1.24. The number of amides is 1. The molecule has 0 saturated carbocycles. The fourth-order valence-electron chi connectivity index (χ4n) is 5.11. The molecule has 4 rings (SSSR count). The summed E-state index contributed by atoms with van der Waals surface area (Å²) >= 11 is 1.80. The van der Waals surface area contributed by atoms with Gasteiger partial charge in [-0.05, 0) is 59.5 Å². The number of para-hydroxylation sites is 2. The lowest BCUT2D eigenvalue weighted by molar-refractivity contribution is -0.117. The lowest BCUT2D eigenvalue weighted by Gasteiger charge is -2.34. The second kappa shape index (κ2) is 13.1. The second-order valence-corrected chi connectivity index (χ2v) is 12.5. The van der Waals surface area contributed by atoms with Gasteiger partial charge in [0, 0.05) is 37.6 Å². The summed E-state index contributed by atoms with van der Waals surface area (Å²) in [6.07, 6.45) is 1.13. The van der Waals surface area contributed by atoms with Gasteiger partial charge in [-0.15, -0.1) is 0 Å². The van der Waals surface area contributed by atoms with Gasteiger partial charge in [0.2, 0.25) is 5.91 Å². The van der Waals surface area contributed by atoms with E-state index in [1.807, 2.05) is 18.2 Å². The molecule has 0 spiro atoms. The molecule has 38 heavy (non-hydrogen) atoms. The summed E-state index contributed by atoms with van der Waals surface area (Å²) < 4.78 is 0. The third-order valence-corrected chi connectivity index (χ3v) is 8.41. The van der Waals surface area contributed by atoms with Crippen LogP contribution in [-0.4, -0.2) is 70.7 Å². The second-order valence-electron chi connectivity index (χ2n) is 11.5. The van der Waals surface area contributed by atoms with Crippen LogP contribution in [0.1, 0.15) is 82.4 Å². The van der Waals surface area contributed by atoms with Crippen LogP contribution in [0, 0.1) is 0 Å². The molecule has 7 heteroatoms. The maximum Gasteiger partial charge on any atom is 0.238 e. The van der Waals surface area contributed by atoms with Crippen molar-refractivity contribution in [1.82, 2.24) is 19.8 Å². The number of nitrogens with zero attached hydrogens (tertiary/aromatic N) is 3. The van der Waals surface area contributed by atoms with E-state index in [1.54, 1.807) is 11.8 Å². The van der Waals surface area contributed by atoms with Crippen LogP contribution in [0.4, 0.5) is 5.69 Å². The molecule has 1 amide bonds. The predicted octanol–water partition coefficient (Wildman–Crippen LogP) is 6.67. The molecule has 2 N–H and O–H groups in total. The van der Waals surface area contributed by atoms with Gasteiger partial charge >= 0.3 is 0 Å². The third kappa shape index (κ3) is 7.39. The highest BCUT2D eigenvalue weighted by atomic mass is 32.2. The number of H-pyrrole nitrogens is 1. The van der Waals surface area contributed by atoms with E-state index in [9.17, 15) is 4.79 Å². The number of hydrogen-bond donors (Lipinski definition) is 2. The van der Waals surface area contributed by atoms with E-state index in [-0.39, 0.29) is 5.91 Å². The molecule has 0 aliphatic carbocycles. The molecule has 6 nitrogen and oxygen atoms in total. The summed E-state index contributed by atoms with van der Waals surface area (Å²) in [5.74, 6) is 2.33. The number of anilines is 1. The number of fused-ring (bicyclic) bond motifs is 1. The molecule has 1 fully saturated rings. The lowest BCUT2D eigenvalue weighted by Crippen LogP contribution is -2.48. The van der Waals surface area contributed by atoms with Gasteiger partial charge in [-0.1, -0.05) is 77.6 Å². The molecule has 1 saturated heterocycles. The van der Waals surface area contributed by atoms with Crippen molar-refractivity contribution in [1.29, 1.82) is 0 Å². The van der Waals surface area contributed by atoms with Crippen molar-refractivity contribution in [2.45, 2.75) is 70.9 Å². The van der Waals surface area contributed by atoms with Crippen molar-refractivity contribution >= 4 is 34.4 Å². The Labute approximate surface area is 233 Å². The van der Waals surface area contributed by atoms with Crippen molar-refractivity contribution < 1.29 is 4.79 Å². The molecule has 0 radical (unpaired) electrons. The minimum Gasteiger partial charge on any atom is -0.333 e. The summed E-state index contributed by atoms with van der Waals surface area (Å²) in [7, 11) is 0. The Morgan fingerprint density at radius 2 is 1.58 bits per heavy atom. The highest BCUT2D eigenvalue weighted by Gasteiger charge is 2.22. The molecule has 1 aromatic heterocycles. The first-order valence-electron chi connectivity index (χ1n) is 14.2. The summed E-state index contributed by atoms with van der Waals surface area (Å²) in [6.45, 7) is 18.8. The zero-order chi connectivity index (χ0) is 27.2. The first kappa shape index (κ1) is 28.7. The van der Waals surface area contributed by atoms with E-state index in [0.29, 0.717) is 24.3 Å². The number of benzene rings is 2. The first-order valence-corrected chi connectivity index (χ1v) is 15.2. The highest BCUT2D eigenvalue weighted by molar-refractivity contribution is 7.99. The average Bonchev–Trinajstić information content (AvgIpc) is 3.30. The number of thioether (sulfide) groups is 1. The van der Waals surface area contributed by atoms with Crippen LogP contribution >= 0.6 is 11.8 Å². The average molecular weight is 536 g/mol. The number of aromatic amines is 1. The molecule has 3 aromatic rings. The molecular formula is C31H45N5OS. The van der Waals surface area contributed by atoms with Crippen LogP contribution < -0.4 is 5.32 Å². The van der Waals surface area contributed by atoms with E-state index in [2.05, 4.69) is 84.8 Å². The van der Waals surface area contributed by atoms with Crippen LogP contribution in [0.15, 0.2) is 41.6 Å². The third-order valence-electron chi connectivity index (χ3n) is 7.45. The van der Waals surface area contributed by atoms with Gasteiger partial charge in [-0.3, -0.25) is 9.69 Å². The molecule has 0 unspecified atom stereocenters. The lowest BCUT2D eigenvalue weighted by atomic mass is 9.87. The monoisotopic (exact) mass is 535 g/mol. The van der Waals surface area contributed by atoms with E-state index in [4.69, 9.17) is 0 Å². The fraction of sp³-hybridized carbons (Fsp3) is 0.548. The summed E-state index contributed by atoms with van der Waals surface area (Å²) in [4.78, 5) is 26.0. The predicted molar refractivity (Wildman–Crippen MR) is 162 cm³/mol. The molecule has 2 aromatic carbocycles. The van der Waals surface area contributed by atoms with Gasteiger partial charge in [0.25, 0.3) is 0 Å². The summed E-state index contributed by atoms with van der Waals surface area (Å²) in [5, 5.41) is 4.33. The number of hydrogen-bond acceptors (Lipinski definition) is 5. The maximum atomic E-state index is 13.2. The van der Waals surface area contributed by atoms with Crippen molar-refractivity contribution in [3.63, 3.8) is 0 Å². The topological polar surface area (TPSA) is 64.3 Å². The Kier molecular flexibility index (Phi) is 9.91. The Morgan fingerprint density at radius 1 is 0.947 bits per heavy atom. The van der Waals surface area contributed by atoms with Gasteiger partial charge in [0.1, 0.15) is 0 Å². The molecule has 1 aliphatic rings. The van der Waals surface area contributed by atoms with Crippen molar-refractivity contribution in [2.75, 3.05) is 50.3 Å². The molecule has 206 valence electrons. The molecule has 0 atom stereocenters. The van der Waals surface area contributed by atoms with Crippen molar-refractivity contribution in [3.05, 3.63) is 53.1 Å². The van der Waals surface area contributed by atoms with Gasteiger partial charge < -0.3 is 15.2 Å². The van der Waals surface area contributed by atoms with Gasteiger partial charge in [-0.25, -0.2) is 4.98 Å². The zero-order valence-corrected chi connectivity index (χ0v) is 24.8. The number of nitrogens with one attached hydrogen (secondary N) is 2. The quantitative estimate of drug-likeness (QED) is 0.212. The highest BCUT2D eigenvalue weighted by Crippen LogP contribution is 2.36. The minimum absolute atomic E-state index is 0.0989.